The lowest BCUT2D eigenvalue weighted by atomic mass is 10.1. The molecule has 0 heterocycles. The van der Waals surface area contributed by atoms with Crippen molar-refractivity contribution < 1.29 is 9.84 Å². The molecule has 3 rings (SSSR count). The molecule has 0 saturated heterocycles. The molecule has 0 fully saturated rings. The van der Waals surface area contributed by atoms with E-state index in [1.807, 2.05) is 54.6 Å². The predicted octanol–water partition coefficient (Wildman–Crippen LogP) is 4.89. The monoisotopic (exact) mass is 328 g/mol. The van der Waals surface area contributed by atoms with Gasteiger partial charge in [-0.15, -0.1) is 0 Å². The van der Waals surface area contributed by atoms with Gasteiger partial charge in [-0.2, -0.15) is 0 Å². The number of hydrogen-bond donors (Lipinski definition) is 1. The van der Waals surface area contributed by atoms with E-state index in [1.54, 1.807) is 0 Å². The highest BCUT2D eigenvalue weighted by Crippen LogP contribution is 2.29. The van der Waals surface area contributed by atoms with Gasteiger partial charge >= 0.3 is 0 Å². The van der Waals surface area contributed by atoms with Gasteiger partial charge in [0.25, 0.3) is 0 Å². The predicted molar refractivity (Wildman–Crippen MR) is 84.1 cm³/mol. The van der Waals surface area contributed by atoms with Crippen LogP contribution in [0.5, 0.6) is 11.5 Å². The normalized spacial score (nSPS) is 10.7. The summed E-state index contributed by atoms with van der Waals surface area (Å²) in [4.78, 5) is 0. The average molecular weight is 329 g/mol. The number of aliphatic hydroxyl groups excluding tert-OH is 1. The van der Waals surface area contributed by atoms with Crippen molar-refractivity contribution in [2.75, 3.05) is 0 Å². The molecule has 0 radical (unpaired) electrons. The number of benzene rings is 3. The van der Waals surface area contributed by atoms with Gasteiger partial charge in [0.15, 0.2) is 0 Å². The van der Waals surface area contributed by atoms with Gasteiger partial charge in [0, 0.05) is 10.0 Å². The zero-order chi connectivity index (χ0) is 13.9. The lowest BCUT2D eigenvalue weighted by Gasteiger charge is -2.10. The molecule has 0 aliphatic rings. The summed E-state index contributed by atoms with van der Waals surface area (Å²) < 4.78 is 6.93. The molecule has 0 atom stereocenters. The van der Waals surface area contributed by atoms with Crippen molar-refractivity contribution in [1.29, 1.82) is 0 Å². The minimum atomic E-state index is -0.0311. The Balaban J connectivity index is 1.96. The number of para-hydroxylation sites is 1. The van der Waals surface area contributed by atoms with E-state index < -0.39 is 0 Å². The van der Waals surface area contributed by atoms with Crippen LogP contribution in [0.1, 0.15) is 5.56 Å². The van der Waals surface area contributed by atoms with Crippen LogP contribution in [-0.4, -0.2) is 5.11 Å². The molecule has 3 aromatic rings. The molecule has 0 aliphatic heterocycles. The lowest BCUT2D eigenvalue weighted by molar-refractivity contribution is 0.276. The van der Waals surface area contributed by atoms with Crippen LogP contribution in [-0.2, 0) is 6.61 Å². The van der Waals surface area contributed by atoms with E-state index in [0.29, 0.717) is 5.75 Å². The van der Waals surface area contributed by atoms with Crippen molar-refractivity contribution in [1.82, 2.24) is 0 Å². The van der Waals surface area contributed by atoms with Crippen molar-refractivity contribution >= 4 is 26.7 Å². The van der Waals surface area contributed by atoms with E-state index in [9.17, 15) is 5.11 Å². The Labute approximate surface area is 125 Å². The zero-order valence-corrected chi connectivity index (χ0v) is 12.3. The Hall–Kier alpha value is -1.84. The minimum absolute atomic E-state index is 0.0311. The molecule has 20 heavy (non-hydrogen) atoms. The van der Waals surface area contributed by atoms with E-state index in [1.165, 1.54) is 0 Å². The molecule has 3 aromatic carbocycles. The summed E-state index contributed by atoms with van der Waals surface area (Å²) in [5.41, 5.74) is 0.781. The Morgan fingerprint density at radius 2 is 1.65 bits per heavy atom. The summed E-state index contributed by atoms with van der Waals surface area (Å²) in [5, 5.41) is 11.6. The number of hydrogen-bond acceptors (Lipinski definition) is 2. The second kappa shape index (κ2) is 5.65. The highest BCUT2D eigenvalue weighted by Gasteiger charge is 2.04. The molecule has 0 aromatic heterocycles. The Morgan fingerprint density at radius 3 is 2.50 bits per heavy atom. The molecule has 2 nitrogen and oxygen atoms in total. The fraction of sp³-hybridized carbons (Fsp3) is 0.0588. The van der Waals surface area contributed by atoms with Crippen LogP contribution in [0.4, 0.5) is 0 Å². The summed E-state index contributed by atoms with van der Waals surface area (Å²) in [6.45, 7) is -0.0311. The van der Waals surface area contributed by atoms with Crippen LogP contribution < -0.4 is 4.74 Å². The molecule has 0 aliphatic carbocycles. The highest BCUT2D eigenvalue weighted by atomic mass is 79.9. The van der Waals surface area contributed by atoms with Crippen LogP contribution in [0, 0.1) is 0 Å². The van der Waals surface area contributed by atoms with Crippen LogP contribution in [0.25, 0.3) is 10.8 Å². The van der Waals surface area contributed by atoms with Gasteiger partial charge in [-0.25, -0.2) is 0 Å². The highest BCUT2D eigenvalue weighted by molar-refractivity contribution is 9.10. The number of fused-ring (bicyclic) bond motifs is 1. The molecule has 0 saturated carbocycles. The van der Waals surface area contributed by atoms with Crippen LogP contribution in [0.2, 0.25) is 0 Å². The van der Waals surface area contributed by atoms with Crippen molar-refractivity contribution in [3.8, 4) is 11.5 Å². The molecule has 3 heteroatoms. The second-order valence-corrected chi connectivity index (χ2v) is 5.44. The van der Waals surface area contributed by atoms with Crippen molar-refractivity contribution in [3.63, 3.8) is 0 Å². The first-order valence-electron chi connectivity index (χ1n) is 6.32. The van der Waals surface area contributed by atoms with Gasteiger partial charge < -0.3 is 9.84 Å². The van der Waals surface area contributed by atoms with E-state index in [4.69, 9.17) is 4.74 Å². The molecule has 0 amide bonds. The maximum atomic E-state index is 9.31. The fourth-order valence-corrected chi connectivity index (χ4v) is 2.50. The third-order valence-electron chi connectivity index (χ3n) is 3.14. The number of ether oxygens (including phenoxy) is 1. The van der Waals surface area contributed by atoms with Crippen LogP contribution in [0.15, 0.2) is 65.1 Å². The molecule has 100 valence electrons. The minimum Gasteiger partial charge on any atom is -0.457 e. The quantitative estimate of drug-likeness (QED) is 0.741. The first-order chi connectivity index (χ1) is 9.76. The van der Waals surface area contributed by atoms with Gasteiger partial charge in [0.2, 0.25) is 0 Å². The number of halogens is 1. The van der Waals surface area contributed by atoms with Gasteiger partial charge in [-0.05, 0) is 41.1 Å². The topological polar surface area (TPSA) is 29.5 Å². The molecule has 1 N–H and O–H groups in total. The second-order valence-electron chi connectivity index (χ2n) is 4.52. The third-order valence-corrected chi connectivity index (χ3v) is 3.64. The van der Waals surface area contributed by atoms with Gasteiger partial charge in [0.05, 0.1) is 6.61 Å². The van der Waals surface area contributed by atoms with Gasteiger partial charge in [-0.1, -0.05) is 46.3 Å². The Bertz CT molecular complexity index is 753. The van der Waals surface area contributed by atoms with E-state index in [0.717, 1.165) is 26.6 Å². The average Bonchev–Trinajstić information content (AvgIpc) is 2.48. The van der Waals surface area contributed by atoms with Crippen LogP contribution in [0.3, 0.4) is 0 Å². The molecule has 0 bridgehead atoms. The zero-order valence-electron chi connectivity index (χ0n) is 10.7. The summed E-state index contributed by atoms with van der Waals surface area (Å²) in [5.74, 6) is 1.45. The van der Waals surface area contributed by atoms with E-state index in [2.05, 4.69) is 22.0 Å². The molecular formula is C17H13BrO2. The number of rotatable bonds is 3. The Morgan fingerprint density at radius 1 is 0.900 bits per heavy atom. The molecular weight excluding hydrogens is 316 g/mol. The SMILES string of the molecule is OCc1ccccc1Oc1ccc2cc(Br)ccc2c1. The van der Waals surface area contributed by atoms with E-state index in [-0.39, 0.29) is 6.61 Å². The van der Waals surface area contributed by atoms with Crippen molar-refractivity contribution in [2.24, 2.45) is 0 Å². The number of aliphatic hydroxyl groups is 1. The smallest absolute Gasteiger partial charge is 0.132 e. The van der Waals surface area contributed by atoms with Gasteiger partial charge in [0.1, 0.15) is 11.5 Å². The summed E-state index contributed by atoms with van der Waals surface area (Å²) >= 11 is 3.46. The largest absolute Gasteiger partial charge is 0.457 e. The lowest BCUT2D eigenvalue weighted by Crippen LogP contribution is -1.91. The van der Waals surface area contributed by atoms with Gasteiger partial charge in [-0.3, -0.25) is 0 Å². The van der Waals surface area contributed by atoms with Crippen molar-refractivity contribution in [3.05, 3.63) is 70.7 Å². The molecule has 0 unspecified atom stereocenters. The standard InChI is InChI=1S/C17H13BrO2/c18-15-7-5-13-10-16(8-6-12(13)9-15)20-17-4-2-1-3-14(17)11-19/h1-10,19H,11H2. The molecule has 0 spiro atoms. The summed E-state index contributed by atoms with van der Waals surface area (Å²) in [6.07, 6.45) is 0. The first kappa shape index (κ1) is 13.2. The van der Waals surface area contributed by atoms with Crippen LogP contribution >= 0.6 is 15.9 Å². The Kier molecular flexibility index (Phi) is 3.72. The third kappa shape index (κ3) is 2.69. The first-order valence-corrected chi connectivity index (χ1v) is 7.11. The summed E-state index contributed by atoms with van der Waals surface area (Å²) in [6, 6.07) is 19.6. The maximum absolute atomic E-state index is 9.31. The van der Waals surface area contributed by atoms with Crippen molar-refractivity contribution in [2.45, 2.75) is 6.61 Å². The summed E-state index contributed by atoms with van der Waals surface area (Å²) in [7, 11) is 0. The van der Waals surface area contributed by atoms with E-state index >= 15 is 0 Å². The maximum Gasteiger partial charge on any atom is 0.132 e. The fourth-order valence-electron chi connectivity index (χ4n) is 2.12.